The monoisotopic (exact) mass is 522 g/mol. The van der Waals surface area contributed by atoms with E-state index < -0.39 is 96.2 Å². The molecule has 0 radical (unpaired) electrons. The fraction of sp³-hybridized carbons (Fsp3) is 0.0370. The maximum atomic E-state index is 15.4. The van der Waals surface area contributed by atoms with E-state index in [-0.39, 0.29) is 5.75 Å². The minimum Gasteiger partial charge on any atom is -0.497 e. The lowest BCUT2D eigenvalue weighted by molar-refractivity contribution is 0.407. The van der Waals surface area contributed by atoms with Gasteiger partial charge in [0.1, 0.15) is 23.2 Å². The lowest BCUT2D eigenvalue weighted by Gasteiger charge is -2.20. The van der Waals surface area contributed by atoms with Crippen molar-refractivity contribution >= 4 is 21.5 Å². The van der Waals surface area contributed by atoms with Gasteiger partial charge in [-0.15, -0.1) is 0 Å². The van der Waals surface area contributed by atoms with Crippen LogP contribution in [0.25, 0.3) is 43.8 Å². The second-order valence-corrected chi connectivity index (χ2v) is 8.01. The predicted molar refractivity (Wildman–Crippen MR) is 119 cm³/mol. The number of hydrogen-bond donors (Lipinski definition) is 0. The summed E-state index contributed by atoms with van der Waals surface area (Å²) in [6.07, 6.45) is 0. The van der Waals surface area contributed by atoms with E-state index in [1.165, 1.54) is 0 Å². The second kappa shape index (κ2) is 8.72. The van der Waals surface area contributed by atoms with E-state index in [1.54, 1.807) is 0 Å². The summed E-state index contributed by atoms with van der Waals surface area (Å²) in [6, 6.07) is 6.42. The van der Waals surface area contributed by atoms with Crippen LogP contribution in [-0.4, -0.2) is 7.11 Å². The van der Waals surface area contributed by atoms with E-state index in [0.717, 1.165) is 31.4 Å². The third-order valence-corrected chi connectivity index (χ3v) is 6.01. The van der Waals surface area contributed by atoms with Gasteiger partial charge in [-0.05, 0) is 29.1 Å². The number of methoxy groups -OCH3 is 1. The largest absolute Gasteiger partial charge is 0.497 e. The summed E-state index contributed by atoms with van der Waals surface area (Å²) < 4.78 is 138. The molecule has 0 aliphatic rings. The van der Waals surface area contributed by atoms with Crippen molar-refractivity contribution in [2.45, 2.75) is 0 Å². The summed E-state index contributed by atoms with van der Waals surface area (Å²) in [5.41, 5.74) is -2.97. The number of ether oxygens (including phenoxy) is 1. The van der Waals surface area contributed by atoms with Gasteiger partial charge in [-0.2, -0.15) is 0 Å². The van der Waals surface area contributed by atoms with E-state index in [0.29, 0.717) is 24.3 Å². The normalized spacial score (nSPS) is 11.5. The van der Waals surface area contributed by atoms with E-state index in [4.69, 9.17) is 4.74 Å². The third-order valence-electron chi connectivity index (χ3n) is 6.01. The first kappa shape index (κ1) is 24.5. The number of benzene rings is 5. The van der Waals surface area contributed by atoms with Gasteiger partial charge >= 0.3 is 0 Å². The van der Waals surface area contributed by atoms with Gasteiger partial charge in [0.25, 0.3) is 0 Å². The molecule has 0 unspecified atom stereocenters. The summed E-state index contributed by atoms with van der Waals surface area (Å²) in [7, 11) is 1.11. The molecule has 0 aliphatic carbocycles. The molecule has 0 fully saturated rings. The lowest BCUT2D eigenvalue weighted by Crippen LogP contribution is -2.05. The minimum atomic E-state index is -2.30. The molecule has 0 saturated heterocycles. The standard InChI is InChI=1S/C27H11F9O/c1-37-11-8-16(31)21(17(32)9-11)20-12-3-2-4-14(29)19(12)18(10-5-6-13(28)15(30)7-10)22-23(20)25(34)27(36)26(35)24(22)33/h2-9H,1H3. The molecule has 0 bridgehead atoms. The van der Waals surface area contributed by atoms with Crippen LogP contribution in [-0.2, 0) is 0 Å². The zero-order valence-electron chi connectivity index (χ0n) is 18.4. The van der Waals surface area contributed by atoms with Gasteiger partial charge in [0.2, 0.25) is 0 Å². The summed E-state index contributed by atoms with van der Waals surface area (Å²) >= 11 is 0. The van der Waals surface area contributed by atoms with Crippen molar-refractivity contribution in [3.05, 3.63) is 101 Å². The molecule has 0 spiro atoms. The van der Waals surface area contributed by atoms with Crippen LogP contribution in [0.1, 0.15) is 0 Å². The zero-order valence-corrected chi connectivity index (χ0v) is 18.4. The van der Waals surface area contributed by atoms with Gasteiger partial charge in [-0.1, -0.05) is 18.2 Å². The Balaban J connectivity index is 2.15. The molecule has 5 aromatic rings. The van der Waals surface area contributed by atoms with E-state index in [1.807, 2.05) is 0 Å². The Bertz CT molecular complexity index is 1740. The van der Waals surface area contributed by atoms with Crippen LogP contribution < -0.4 is 4.74 Å². The fourth-order valence-corrected chi connectivity index (χ4v) is 4.45. The van der Waals surface area contributed by atoms with Crippen LogP contribution in [0, 0.1) is 52.4 Å². The molecule has 0 heterocycles. The maximum absolute atomic E-state index is 15.4. The zero-order chi connectivity index (χ0) is 26.8. The first-order chi connectivity index (χ1) is 17.6. The molecule has 188 valence electrons. The Labute approximate surface area is 202 Å². The molecule has 0 aliphatic heterocycles. The number of rotatable bonds is 3. The van der Waals surface area contributed by atoms with Crippen molar-refractivity contribution in [3.63, 3.8) is 0 Å². The molecule has 5 rings (SSSR count). The molecule has 10 heteroatoms. The lowest BCUT2D eigenvalue weighted by atomic mass is 9.84. The first-order valence-electron chi connectivity index (χ1n) is 10.4. The van der Waals surface area contributed by atoms with Crippen molar-refractivity contribution in [2.75, 3.05) is 7.11 Å². The number of hydrogen-bond acceptors (Lipinski definition) is 1. The SMILES string of the molecule is COc1cc(F)c(-c2c3cccc(F)c3c(-c3ccc(F)c(F)c3)c3c(F)c(F)c(F)c(F)c23)c(F)c1. The number of halogens is 9. The Morgan fingerprint density at radius 1 is 0.486 bits per heavy atom. The smallest absolute Gasteiger partial charge is 0.198 e. The van der Waals surface area contributed by atoms with E-state index in [9.17, 15) is 17.6 Å². The molecule has 1 nitrogen and oxygen atoms in total. The molecular formula is C27H11F9O. The quantitative estimate of drug-likeness (QED) is 0.0998. The molecular weight excluding hydrogens is 511 g/mol. The van der Waals surface area contributed by atoms with Crippen molar-refractivity contribution in [1.29, 1.82) is 0 Å². The van der Waals surface area contributed by atoms with Gasteiger partial charge in [-0.3, -0.25) is 0 Å². The van der Waals surface area contributed by atoms with Gasteiger partial charge < -0.3 is 4.74 Å². The van der Waals surface area contributed by atoms with Crippen LogP contribution in [0.2, 0.25) is 0 Å². The van der Waals surface area contributed by atoms with Gasteiger partial charge in [0.05, 0.1) is 12.7 Å². The Hall–Kier alpha value is -4.21. The Morgan fingerprint density at radius 2 is 1.08 bits per heavy atom. The van der Waals surface area contributed by atoms with E-state index in [2.05, 4.69) is 0 Å². The summed E-state index contributed by atoms with van der Waals surface area (Å²) in [5.74, 6) is -15.6. The van der Waals surface area contributed by atoms with Crippen LogP contribution in [0.5, 0.6) is 5.75 Å². The Morgan fingerprint density at radius 3 is 1.65 bits per heavy atom. The van der Waals surface area contributed by atoms with E-state index >= 15 is 22.0 Å². The summed E-state index contributed by atoms with van der Waals surface area (Å²) in [4.78, 5) is 0. The van der Waals surface area contributed by atoms with Crippen LogP contribution in [0.15, 0.2) is 48.5 Å². The molecule has 37 heavy (non-hydrogen) atoms. The molecule has 5 aromatic carbocycles. The van der Waals surface area contributed by atoms with Gasteiger partial charge in [-0.25, -0.2) is 39.5 Å². The highest BCUT2D eigenvalue weighted by atomic mass is 19.2. The highest BCUT2D eigenvalue weighted by Gasteiger charge is 2.31. The second-order valence-electron chi connectivity index (χ2n) is 8.01. The Kier molecular flexibility index (Phi) is 5.77. The highest BCUT2D eigenvalue weighted by Crippen LogP contribution is 2.48. The number of fused-ring (bicyclic) bond motifs is 2. The average molecular weight is 522 g/mol. The van der Waals surface area contributed by atoms with Crippen LogP contribution in [0.3, 0.4) is 0 Å². The summed E-state index contributed by atoms with van der Waals surface area (Å²) in [6.45, 7) is 0. The highest BCUT2D eigenvalue weighted by molar-refractivity contribution is 6.22. The van der Waals surface area contributed by atoms with Crippen molar-refractivity contribution in [1.82, 2.24) is 0 Å². The van der Waals surface area contributed by atoms with Gasteiger partial charge in [0.15, 0.2) is 34.9 Å². The molecule has 0 aromatic heterocycles. The fourth-order valence-electron chi connectivity index (χ4n) is 4.45. The minimum absolute atomic E-state index is 0.291. The first-order valence-corrected chi connectivity index (χ1v) is 10.4. The van der Waals surface area contributed by atoms with Gasteiger partial charge in [0, 0.05) is 39.4 Å². The van der Waals surface area contributed by atoms with Crippen molar-refractivity contribution in [2.24, 2.45) is 0 Å². The van der Waals surface area contributed by atoms with Crippen molar-refractivity contribution in [3.8, 4) is 28.0 Å². The third kappa shape index (κ3) is 3.58. The molecule has 0 saturated carbocycles. The maximum Gasteiger partial charge on any atom is 0.198 e. The van der Waals surface area contributed by atoms with Crippen LogP contribution in [0.4, 0.5) is 39.5 Å². The summed E-state index contributed by atoms with van der Waals surface area (Å²) in [5, 5.41) is -3.35. The topological polar surface area (TPSA) is 9.23 Å². The molecule has 0 amide bonds. The predicted octanol–water partition coefficient (Wildman–Crippen LogP) is 8.59. The molecule has 0 N–H and O–H groups in total. The van der Waals surface area contributed by atoms with Crippen LogP contribution >= 0.6 is 0 Å². The molecule has 0 atom stereocenters. The average Bonchev–Trinajstić information content (AvgIpc) is 2.87. The van der Waals surface area contributed by atoms with Crippen molar-refractivity contribution < 1.29 is 44.3 Å².